The summed E-state index contributed by atoms with van der Waals surface area (Å²) in [6.45, 7) is 1.66. The van der Waals surface area contributed by atoms with Crippen LogP contribution in [0.4, 0.5) is 0 Å². The predicted molar refractivity (Wildman–Crippen MR) is 110 cm³/mol. The molecule has 0 bridgehead atoms. The average Bonchev–Trinajstić information content (AvgIpc) is 2.94. The molecule has 29 heavy (non-hydrogen) atoms. The van der Waals surface area contributed by atoms with Crippen LogP contribution < -0.4 is 0 Å². The van der Waals surface area contributed by atoms with Crippen LogP contribution in [0.1, 0.15) is 12.5 Å². The second-order valence-electron chi connectivity index (χ2n) is 7.10. The summed E-state index contributed by atoms with van der Waals surface area (Å²) in [6, 6.07) is 16.9. The molecule has 2 aliphatic rings. The standard InChI is InChI=1S/C23H19NO4S/c1-16-15-23(14-13-19(16)25)20(17-9-5-3-6-10-17)21(22(26)24(23)2)29(27,28)18-11-7-4-8-12-18/h3-15H,1-2H3. The number of hydrogen-bond donors (Lipinski definition) is 0. The van der Waals surface area contributed by atoms with Crippen molar-refractivity contribution in [3.05, 3.63) is 94.9 Å². The van der Waals surface area contributed by atoms with Gasteiger partial charge >= 0.3 is 0 Å². The maximum atomic E-state index is 13.5. The summed E-state index contributed by atoms with van der Waals surface area (Å²) in [5.74, 6) is -0.765. The number of benzene rings is 2. The predicted octanol–water partition coefficient (Wildman–Crippen LogP) is 3.17. The molecular weight excluding hydrogens is 386 g/mol. The zero-order valence-corrected chi connectivity index (χ0v) is 16.8. The molecular formula is C23H19NO4S. The van der Waals surface area contributed by atoms with Crippen LogP contribution in [0.15, 0.2) is 94.3 Å². The summed E-state index contributed by atoms with van der Waals surface area (Å²) in [5, 5.41) is 0. The van der Waals surface area contributed by atoms with Crippen molar-refractivity contribution in [1.82, 2.24) is 4.90 Å². The van der Waals surface area contributed by atoms with Gasteiger partial charge in [0.15, 0.2) is 5.78 Å². The van der Waals surface area contributed by atoms with Gasteiger partial charge in [-0.2, -0.15) is 0 Å². The Bertz CT molecular complexity index is 1210. The highest BCUT2D eigenvalue weighted by molar-refractivity contribution is 7.96. The van der Waals surface area contributed by atoms with E-state index in [1.165, 1.54) is 23.1 Å². The number of amides is 1. The van der Waals surface area contributed by atoms with Gasteiger partial charge in [-0.25, -0.2) is 8.42 Å². The third-order valence-corrected chi connectivity index (χ3v) is 7.19. The lowest BCUT2D eigenvalue weighted by atomic mass is 9.80. The molecule has 0 N–H and O–H groups in total. The topological polar surface area (TPSA) is 71.5 Å². The van der Waals surface area contributed by atoms with Gasteiger partial charge in [-0.3, -0.25) is 9.59 Å². The Labute approximate surface area is 169 Å². The second-order valence-corrected chi connectivity index (χ2v) is 8.99. The monoisotopic (exact) mass is 405 g/mol. The third-order valence-electron chi connectivity index (χ3n) is 5.38. The van der Waals surface area contributed by atoms with E-state index in [0.717, 1.165) is 0 Å². The number of allylic oxidation sites excluding steroid dienone is 2. The fourth-order valence-corrected chi connectivity index (χ4v) is 5.53. The first-order chi connectivity index (χ1) is 13.8. The Morgan fingerprint density at radius 1 is 0.897 bits per heavy atom. The molecule has 1 aliphatic heterocycles. The van der Waals surface area contributed by atoms with Gasteiger partial charge in [-0.1, -0.05) is 48.5 Å². The van der Waals surface area contributed by atoms with Crippen LogP contribution >= 0.6 is 0 Å². The van der Waals surface area contributed by atoms with Crippen molar-refractivity contribution in [2.24, 2.45) is 0 Å². The molecule has 6 heteroatoms. The molecule has 0 saturated carbocycles. The van der Waals surface area contributed by atoms with Crippen molar-refractivity contribution in [1.29, 1.82) is 0 Å². The number of carbonyl (C=O) groups is 2. The van der Waals surface area contributed by atoms with E-state index in [1.807, 2.05) is 6.07 Å². The fourth-order valence-electron chi connectivity index (χ4n) is 3.86. The second kappa shape index (κ2) is 6.67. The van der Waals surface area contributed by atoms with Crippen molar-refractivity contribution >= 4 is 27.1 Å². The van der Waals surface area contributed by atoms with Gasteiger partial charge in [0.05, 0.1) is 4.90 Å². The van der Waals surface area contributed by atoms with Crippen LogP contribution in [0.3, 0.4) is 0 Å². The van der Waals surface area contributed by atoms with Crippen LogP contribution in [0.2, 0.25) is 0 Å². The number of sulfone groups is 1. The van der Waals surface area contributed by atoms with Crippen LogP contribution in [-0.2, 0) is 19.4 Å². The highest BCUT2D eigenvalue weighted by atomic mass is 32.2. The first kappa shape index (κ1) is 19.1. The Balaban J connectivity index is 2.10. The Morgan fingerprint density at radius 3 is 2.07 bits per heavy atom. The number of nitrogens with zero attached hydrogens (tertiary/aromatic N) is 1. The maximum Gasteiger partial charge on any atom is 0.267 e. The Kier molecular flexibility index (Phi) is 4.39. The van der Waals surface area contributed by atoms with Crippen LogP contribution in [-0.4, -0.2) is 37.6 Å². The van der Waals surface area contributed by atoms with Crippen molar-refractivity contribution in [2.75, 3.05) is 7.05 Å². The zero-order valence-electron chi connectivity index (χ0n) is 16.0. The van der Waals surface area contributed by atoms with E-state index in [1.54, 1.807) is 68.6 Å². The van der Waals surface area contributed by atoms with E-state index in [0.29, 0.717) is 16.7 Å². The van der Waals surface area contributed by atoms with E-state index in [-0.39, 0.29) is 15.6 Å². The van der Waals surface area contributed by atoms with E-state index in [2.05, 4.69) is 0 Å². The summed E-state index contributed by atoms with van der Waals surface area (Å²) in [7, 11) is -2.53. The molecule has 5 nitrogen and oxygen atoms in total. The minimum Gasteiger partial charge on any atom is -0.324 e. The molecule has 146 valence electrons. The van der Waals surface area contributed by atoms with Crippen molar-refractivity contribution < 1.29 is 18.0 Å². The Morgan fingerprint density at radius 2 is 1.48 bits per heavy atom. The molecule has 1 unspecified atom stereocenters. The molecule has 0 radical (unpaired) electrons. The van der Waals surface area contributed by atoms with Gasteiger partial charge in [-0.15, -0.1) is 0 Å². The smallest absolute Gasteiger partial charge is 0.267 e. The first-order valence-corrected chi connectivity index (χ1v) is 10.6. The number of likely N-dealkylation sites (N-methyl/N-ethyl adjacent to an activating group) is 1. The highest BCUT2D eigenvalue weighted by Crippen LogP contribution is 2.47. The Hall–Kier alpha value is -3.25. The molecule has 2 aromatic carbocycles. The van der Waals surface area contributed by atoms with Crippen LogP contribution in [0.25, 0.3) is 5.57 Å². The van der Waals surface area contributed by atoms with Gasteiger partial charge < -0.3 is 4.90 Å². The SMILES string of the molecule is CC1=CC2(C=CC1=O)C(c1ccccc1)=C(S(=O)(=O)c1ccccc1)C(=O)N2C. The van der Waals surface area contributed by atoms with Gasteiger partial charge in [-0.05, 0) is 48.4 Å². The van der Waals surface area contributed by atoms with E-state index in [9.17, 15) is 18.0 Å². The van der Waals surface area contributed by atoms with Crippen molar-refractivity contribution in [2.45, 2.75) is 17.4 Å². The number of carbonyl (C=O) groups excluding carboxylic acids is 2. The third kappa shape index (κ3) is 2.79. The molecule has 0 fully saturated rings. The minimum absolute atomic E-state index is 0.0544. The van der Waals surface area contributed by atoms with E-state index in [4.69, 9.17) is 0 Å². The van der Waals surface area contributed by atoms with Gasteiger partial charge in [0.2, 0.25) is 9.84 Å². The number of hydrogen-bond acceptors (Lipinski definition) is 4. The quantitative estimate of drug-likeness (QED) is 0.786. The first-order valence-electron chi connectivity index (χ1n) is 9.10. The van der Waals surface area contributed by atoms with Gasteiger partial charge in [0.1, 0.15) is 10.4 Å². The van der Waals surface area contributed by atoms with Crippen molar-refractivity contribution in [3.8, 4) is 0 Å². The lowest BCUT2D eigenvalue weighted by molar-refractivity contribution is -0.125. The molecule has 0 saturated heterocycles. The molecule has 4 rings (SSSR count). The average molecular weight is 405 g/mol. The maximum absolute atomic E-state index is 13.5. The van der Waals surface area contributed by atoms with E-state index >= 15 is 0 Å². The molecule has 1 heterocycles. The molecule has 1 atom stereocenters. The fraction of sp³-hybridized carbons (Fsp3) is 0.130. The number of rotatable bonds is 3. The molecule has 2 aromatic rings. The van der Waals surface area contributed by atoms with Gasteiger partial charge in [0.25, 0.3) is 5.91 Å². The number of ketones is 1. The van der Waals surface area contributed by atoms with Crippen molar-refractivity contribution in [3.63, 3.8) is 0 Å². The van der Waals surface area contributed by atoms with Crippen LogP contribution in [0, 0.1) is 0 Å². The summed E-state index contributed by atoms with van der Waals surface area (Å²) < 4.78 is 27.1. The largest absolute Gasteiger partial charge is 0.324 e. The summed E-state index contributed by atoms with van der Waals surface area (Å²) in [5.41, 5.74) is 0.285. The van der Waals surface area contributed by atoms with E-state index < -0.39 is 21.3 Å². The molecule has 1 amide bonds. The summed E-state index contributed by atoms with van der Waals surface area (Å²) >= 11 is 0. The van der Waals surface area contributed by atoms with Gasteiger partial charge in [0, 0.05) is 12.6 Å². The molecule has 1 spiro atoms. The molecule has 0 aromatic heterocycles. The summed E-state index contributed by atoms with van der Waals surface area (Å²) in [4.78, 5) is 26.6. The highest BCUT2D eigenvalue weighted by Gasteiger charge is 2.52. The lowest BCUT2D eigenvalue weighted by Crippen LogP contribution is -2.44. The van der Waals surface area contributed by atoms with Crippen LogP contribution in [0.5, 0.6) is 0 Å². The summed E-state index contributed by atoms with van der Waals surface area (Å²) in [6.07, 6.45) is 4.68. The zero-order chi connectivity index (χ0) is 20.8. The normalized spacial score (nSPS) is 21.9. The minimum atomic E-state index is -4.08. The molecule has 1 aliphatic carbocycles. The lowest BCUT2D eigenvalue weighted by Gasteiger charge is -2.35.